The Labute approximate surface area is 154 Å². The molecule has 0 unspecified atom stereocenters. The minimum Gasteiger partial charge on any atom is -0.465 e. The van der Waals surface area contributed by atoms with Gasteiger partial charge in [0.1, 0.15) is 9.88 Å². The van der Waals surface area contributed by atoms with Crippen LogP contribution in [0.1, 0.15) is 29.4 Å². The fraction of sp³-hybridized carbons (Fsp3) is 0.500. The monoisotopic (exact) mass is 415 g/mol. The lowest BCUT2D eigenvalue weighted by atomic mass is 10.0. The molecule has 132 valence electrons. The number of esters is 1. The van der Waals surface area contributed by atoms with Crippen molar-refractivity contribution in [3.05, 3.63) is 27.6 Å². The molecule has 1 aliphatic rings. The molecule has 1 aromatic heterocycles. The van der Waals surface area contributed by atoms with Gasteiger partial charge in [-0.05, 0) is 41.8 Å². The van der Waals surface area contributed by atoms with Crippen molar-refractivity contribution in [2.75, 3.05) is 32.1 Å². The molecule has 8 heteroatoms. The summed E-state index contributed by atoms with van der Waals surface area (Å²) in [6, 6.07) is 1.54. The molecule has 2 N–H and O–H groups in total. The van der Waals surface area contributed by atoms with Crippen LogP contribution in [0, 0.1) is 0 Å². The van der Waals surface area contributed by atoms with Gasteiger partial charge in [-0.2, -0.15) is 0 Å². The summed E-state index contributed by atoms with van der Waals surface area (Å²) in [6.45, 7) is 8.78. The van der Waals surface area contributed by atoms with Gasteiger partial charge >= 0.3 is 12.0 Å². The quantitative estimate of drug-likeness (QED) is 0.570. The van der Waals surface area contributed by atoms with E-state index < -0.39 is 5.97 Å². The molecular formula is C16H22BrN3O3S. The van der Waals surface area contributed by atoms with E-state index in [1.165, 1.54) is 18.4 Å². The molecule has 0 spiro atoms. The first-order valence-corrected chi connectivity index (χ1v) is 9.32. The molecule has 1 saturated heterocycles. The Morgan fingerprint density at radius 1 is 1.46 bits per heavy atom. The average Bonchev–Trinajstić information content (AvgIpc) is 2.89. The number of likely N-dealkylation sites (tertiary alicyclic amines) is 1. The van der Waals surface area contributed by atoms with Crippen molar-refractivity contribution in [3.8, 4) is 0 Å². The minimum absolute atomic E-state index is 0.158. The van der Waals surface area contributed by atoms with Crippen LogP contribution in [0.15, 0.2) is 22.7 Å². The van der Waals surface area contributed by atoms with E-state index in [0.717, 1.165) is 38.0 Å². The van der Waals surface area contributed by atoms with Gasteiger partial charge in [0.15, 0.2) is 0 Å². The van der Waals surface area contributed by atoms with Gasteiger partial charge in [-0.3, -0.25) is 10.2 Å². The number of nitrogens with zero attached hydrogens (tertiary/aromatic N) is 1. The first-order chi connectivity index (χ1) is 11.4. The second-order valence-corrected chi connectivity index (χ2v) is 7.79. The van der Waals surface area contributed by atoms with Crippen LogP contribution in [0.2, 0.25) is 0 Å². The zero-order chi connectivity index (χ0) is 17.7. The van der Waals surface area contributed by atoms with Gasteiger partial charge in [0.05, 0.1) is 11.6 Å². The first-order valence-electron chi connectivity index (χ1n) is 7.71. The molecule has 2 amide bonds. The molecule has 0 radical (unpaired) electrons. The van der Waals surface area contributed by atoms with Crippen molar-refractivity contribution in [2.24, 2.45) is 0 Å². The van der Waals surface area contributed by atoms with Gasteiger partial charge in [-0.25, -0.2) is 9.59 Å². The van der Waals surface area contributed by atoms with E-state index in [0.29, 0.717) is 14.4 Å². The molecule has 0 aliphatic carbocycles. The van der Waals surface area contributed by atoms with Gasteiger partial charge in [0.25, 0.3) is 0 Å². The van der Waals surface area contributed by atoms with Crippen molar-refractivity contribution in [1.82, 2.24) is 10.2 Å². The fourth-order valence-corrected chi connectivity index (χ4v) is 4.18. The number of carbonyl (C=O) groups is 2. The Balaban J connectivity index is 1.83. The van der Waals surface area contributed by atoms with E-state index in [4.69, 9.17) is 0 Å². The van der Waals surface area contributed by atoms with Crippen molar-refractivity contribution in [1.29, 1.82) is 0 Å². The van der Waals surface area contributed by atoms with Gasteiger partial charge < -0.3 is 10.1 Å². The second kappa shape index (κ2) is 8.64. The molecule has 0 bridgehead atoms. The van der Waals surface area contributed by atoms with Gasteiger partial charge in [0.2, 0.25) is 0 Å². The summed E-state index contributed by atoms with van der Waals surface area (Å²) in [5, 5.41) is 6.37. The summed E-state index contributed by atoms with van der Waals surface area (Å²) in [7, 11) is 1.33. The second-order valence-electron chi connectivity index (χ2n) is 5.89. The van der Waals surface area contributed by atoms with Gasteiger partial charge in [0, 0.05) is 25.7 Å². The van der Waals surface area contributed by atoms with E-state index in [9.17, 15) is 9.59 Å². The van der Waals surface area contributed by atoms with Crippen LogP contribution in [0.5, 0.6) is 0 Å². The Hall–Kier alpha value is -1.38. The third-order valence-corrected chi connectivity index (χ3v) is 5.64. The number of thiophene rings is 1. The van der Waals surface area contributed by atoms with Crippen molar-refractivity contribution < 1.29 is 14.3 Å². The number of amides is 2. The summed E-state index contributed by atoms with van der Waals surface area (Å²) in [4.78, 5) is 26.5. The number of rotatable bonds is 5. The highest BCUT2D eigenvalue weighted by Crippen LogP contribution is 2.33. The summed E-state index contributed by atoms with van der Waals surface area (Å²) in [6.07, 6.45) is 1.83. The van der Waals surface area contributed by atoms with Crippen LogP contribution < -0.4 is 10.6 Å². The smallest absolute Gasteiger partial charge is 0.348 e. The van der Waals surface area contributed by atoms with Crippen molar-refractivity contribution in [2.45, 2.75) is 25.8 Å². The summed E-state index contributed by atoms with van der Waals surface area (Å²) >= 11 is 4.52. The molecule has 1 fully saturated rings. The van der Waals surface area contributed by atoms with Gasteiger partial charge in [-0.15, -0.1) is 11.3 Å². The van der Waals surface area contributed by atoms with E-state index in [2.05, 4.69) is 42.8 Å². The highest BCUT2D eigenvalue weighted by molar-refractivity contribution is 9.10. The molecule has 2 rings (SSSR count). The van der Waals surface area contributed by atoms with E-state index in [-0.39, 0.29) is 12.1 Å². The van der Waals surface area contributed by atoms with E-state index in [1.807, 2.05) is 6.92 Å². The molecule has 6 nitrogen and oxygen atoms in total. The standard InChI is InChI=1S/C16H22BrN3O3S/c1-10(2)9-20-6-4-11(5-7-20)18-16(22)19-14-12(17)8-13(24-14)15(21)23-3/h8,11H,1,4-7,9H2,2-3H3,(H2,18,19,22). The molecular weight excluding hydrogens is 394 g/mol. The number of methoxy groups -OCH3 is 1. The molecule has 2 heterocycles. The van der Waals surface area contributed by atoms with Crippen LogP contribution >= 0.6 is 27.3 Å². The third kappa shape index (κ3) is 5.32. The van der Waals surface area contributed by atoms with Crippen molar-refractivity contribution >= 4 is 44.3 Å². The minimum atomic E-state index is -0.418. The summed E-state index contributed by atoms with van der Waals surface area (Å²) in [5.41, 5.74) is 1.16. The normalized spacial score (nSPS) is 15.8. The summed E-state index contributed by atoms with van der Waals surface area (Å²) in [5.74, 6) is -0.418. The number of carbonyl (C=O) groups excluding carboxylic acids is 2. The first kappa shape index (κ1) is 19.0. The predicted octanol–water partition coefficient (Wildman–Crippen LogP) is 3.46. The maximum atomic E-state index is 12.2. The Morgan fingerprint density at radius 2 is 2.12 bits per heavy atom. The Morgan fingerprint density at radius 3 is 2.71 bits per heavy atom. The molecule has 24 heavy (non-hydrogen) atoms. The Bertz CT molecular complexity index is 624. The number of halogens is 1. The number of ether oxygens (including phenoxy) is 1. The molecule has 0 aromatic carbocycles. The van der Waals surface area contributed by atoms with Crippen LogP contribution in [0.3, 0.4) is 0 Å². The number of piperidine rings is 1. The zero-order valence-corrected chi connectivity index (χ0v) is 16.3. The highest BCUT2D eigenvalue weighted by atomic mass is 79.9. The average molecular weight is 416 g/mol. The van der Waals surface area contributed by atoms with Crippen LogP contribution in [0.25, 0.3) is 0 Å². The topological polar surface area (TPSA) is 70.7 Å². The lowest BCUT2D eigenvalue weighted by molar-refractivity contribution is 0.0606. The molecule has 1 aromatic rings. The number of hydrogen-bond acceptors (Lipinski definition) is 5. The van der Waals surface area contributed by atoms with Gasteiger partial charge in [-0.1, -0.05) is 12.2 Å². The molecule has 0 atom stereocenters. The lowest BCUT2D eigenvalue weighted by Gasteiger charge is -2.32. The number of anilines is 1. The SMILES string of the molecule is C=C(C)CN1CCC(NC(=O)Nc2sc(C(=O)OC)cc2Br)CC1. The third-order valence-electron chi connectivity index (χ3n) is 3.72. The van der Waals surface area contributed by atoms with Crippen molar-refractivity contribution in [3.63, 3.8) is 0 Å². The maximum absolute atomic E-state index is 12.2. The maximum Gasteiger partial charge on any atom is 0.348 e. The zero-order valence-electron chi connectivity index (χ0n) is 13.9. The number of nitrogens with one attached hydrogen (secondary N) is 2. The Kier molecular flexibility index (Phi) is 6.82. The van der Waals surface area contributed by atoms with Crippen LogP contribution in [-0.2, 0) is 4.74 Å². The number of hydrogen-bond donors (Lipinski definition) is 2. The number of urea groups is 1. The molecule has 1 aliphatic heterocycles. The van der Waals surface area contributed by atoms with E-state index in [1.54, 1.807) is 6.07 Å². The fourth-order valence-electron chi connectivity index (χ4n) is 2.60. The lowest BCUT2D eigenvalue weighted by Crippen LogP contribution is -2.46. The van der Waals surface area contributed by atoms with E-state index >= 15 is 0 Å². The molecule has 0 saturated carbocycles. The summed E-state index contributed by atoms with van der Waals surface area (Å²) < 4.78 is 5.35. The van der Waals surface area contributed by atoms with Crippen LogP contribution in [0.4, 0.5) is 9.80 Å². The predicted molar refractivity (Wildman–Crippen MR) is 99.8 cm³/mol. The highest BCUT2D eigenvalue weighted by Gasteiger charge is 2.21. The largest absolute Gasteiger partial charge is 0.465 e. The van der Waals surface area contributed by atoms with Crippen LogP contribution in [-0.4, -0.2) is 49.7 Å².